The van der Waals surface area contributed by atoms with E-state index in [0.717, 1.165) is 4.80 Å². The maximum Gasteiger partial charge on any atom is 0.329 e. The predicted octanol–water partition coefficient (Wildman–Crippen LogP) is 1.75. The first-order chi connectivity index (χ1) is 10.1. The van der Waals surface area contributed by atoms with Gasteiger partial charge in [0.2, 0.25) is 0 Å². The van der Waals surface area contributed by atoms with Crippen LogP contribution >= 0.6 is 11.6 Å². The molecular formula is C13H13ClN4O3. The lowest BCUT2D eigenvalue weighted by atomic mass is 10.2. The van der Waals surface area contributed by atoms with Crippen molar-refractivity contribution in [3.8, 4) is 0 Å². The van der Waals surface area contributed by atoms with Crippen LogP contribution in [0.15, 0.2) is 30.5 Å². The molecule has 0 aliphatic carbocycles. The number of carbonyl (C=O) groups is 2. The van der Waals surface area contributed by atoms with Gasteiger partial charge < -0.3 is 10.1 Å². The van der Waals surface area contributed by atoms with Gasteiger partial charge in [0.1, 0.15) is 0 Å². The number of aromatic nitrogens is 3. The molecule has 0 spiro atoms. The molecule has 0 unspecified atom stereocenters. The Labute approximate surface area is 125 Å². The molecule has 0 aliphatic rings. The number of rotatable bonds is 5. The van der Waals surface area contributed by atoms with Crippen LogP contribution in [0.3, 0.4) is 0 Å². The number of nitrogens with one attached hydrogen (secondary N) is 1. The topological polar surface area (TPSA) is 86.1 Å². The van der Waals surface area contributed by atoms with Gasteiger partial charge >= 0.3 is 5.97 Å². The van der Waals surface area contributed by atoms with E-state index in [1.165, 1.54) is 6.20 Å². The molecule has 1 heterocycles. The Morgan fingerprint density at radius 2 is 2.24 bits per heavy atom. The molecule has 7 nitrogen and oxygen atoms in total. The third-order valence-corrected chi connectivity index (χ3v) is 2.68. The first-order valence-electron chi connectivity index (χ1n) is 6.21. The number of hydrogen-bond donors (Lipinski definition) is 1. The maximum atomic E-state index is 12.0. The molecule has 0 aliphatic heterocycles. The molecule has 2 rings (SSSR count). The highest BCUT2D eigenvalue weighted by Crippen LogP contribution is 2.12. The molecule has 0 radical (unpaired) electrons. The minimum Gasteiger partial charge on any atom is -0.465 e. The van der Waals surface area contributed by atoms with E-state index in [4.69, 9.17) is 16.3 Å². The van der Waals surface area contributed by atoms with E-state index in [1.54, 1.807) is 31.2 Å². The van der Waals surface area contributed by atoms with Crippen LogP contribution in [0.4, 0.5) is 5.82 Å². The van der Waals surface area contributed by atoms with E-state index >= 15 is 0 Å². The van der Waals surface area contributed by atoms with Crippen LogP contribution in [0.2, 0.25) is 5.02 Å². The fraction of sp³-hybridized carbons (Fsp3) is 0.231. The zero-order chi connectivity index (χ0) is 15.2. The van der Waals surface area contributed by atoms with Crippen molar-refractivity contribution in [2.75, 3.05) is 11.9 Å². The number of amides is 1. The highest BCUT2D eigenvalue weighted by atomic mass is 35.5. The van der Waals surface area contributed by atoms with Crippen LogP contribution in [0, 0.1) is 0 Å². The van der Waals surface area contributed by atoms with Gasteiger partial charge in [-0.15, -0.1) is 5.10 Å². The molecule has 0 bridgehead atoms. The molecule has 1 amide bonds. The molecule has 0 saturated heterocycles. The fourth-order valence-electron chi connectivity index (χ4n) is 1.57. The first-order valence-corrected chi connectivity index (χ1v) is 6.59. The summed E-state index contributed by atoms with van der Waals surface area (Å²) in [7, 11) is 0. The van der Waals surface area contributed by atoms with Crippen molar-refractivity contribution in [2.45, 2.75) is 13.5 Å². The van der Waals surface area contributed by atoms with Gasteiger partial charge in [0.25, 0.3) is 5.91 Å². The number of nitrogens with zero attached hydrogens (tertiary/aromatic N) is 3. The Balaban J connectivity index is 1.99. The lowest BCUT2D eigenvalue weighted by Gasteiger charge is -2.02. The molecule has 0 fully saturated rings. The summed E-state index contributed by atoms with van der Waals surface area (Å²) < 4.78 is 4.78. The van der Waals surface area contributed by atoms with Gasteiger partial charge in [0.05, 0.1) is 12.8 Å². The number of carbonyl (C=O) groups excluding carboxylic acids is 2. The number of ether oxygens (including phenoxy) is 1. The molecule has 8 heteroatoms. The highest BCUT2D eigenvalue weighted by molar-refractivity contribution is 6.31. The number of benzene rings is 1. The van der Waals surface area contributed by atoms with E-state index in [2.05, 4.69) is 15.5 Å². The van der Waals surface area contributed by atoms with Crippen molar-refractivity contribution in [2.24, 2.45) is 0 Å². The van der Waals surface area contributed by atoms with Gasteiger partial charge in [0, 0.05) is 10.6 Å². The van der Waals surface area contributed by atoms with Gasteiger partial charge in [-0.25, -0.2) is 4.79 Å². The van der Waals surface area contributed by atoms with Gasteiger partial charge in [-0.3, -0.25) is 4.79 Å². The van der Waals surface area contributed by atoms with Crippen molar-refractivity contribution in [1.29, 1.82) is 0 Å². The predicted molar refractivity (Wildman–Crippen MR) is 76.1 cm³/mol. The fourth-order valence-corrected chi connectivity index (χ4v) is 1.76. The van der Waals surface area contributed by atoms with Crippen LogP contribution in [-0.2, 0) is 16.1 Å². The number of esters is 1. The summed E-state index contributed by atoms with van der Waals surface area (Å²) in [6.07, 6.45) is 1.35. The summed E-state index contributed by atoms with van der Waals surface area (Å²) in [5.41, 5.74) is 0.405. The number of hydrogen-bond acceptors (Lipinski definition) is 5. The largest absolute Gasteiger partial charge is 0.465 e. The van der Waals surface area contributed by atoms with E-state index in [9.17, 15) is 9.59 Å². The summed E-state index contributed by atoms with van der Waals surface area (Å²) in [5, 5.41) is 10.9. The van der Waals surface area contributed by atoms with Crippen LogP contribution in [0.25, 0.3) is 0 Å². The van der Waals surface area contributed by atoms with Gasteiger partial charge in [0.15, 0.2) is 12.4 Å². The van der Waals surface area contributed by atoms with Crippen LogP contribution in [-0.4, -0.2) is 33.5 Å². The smallest absolute Gasteiger partial charge is 0.329 e. The summed E-state index contributed by atoms with van der Waals surface area (Å²) in [5.74, 6) is -0.564. The zero-order valence-corrected chi connectivity index (χ0v) is 12.0. The monoisotopic (exact) mass is 308 g/mol. The third-order valence-electron chi connectivity index (χ3n) is 2.44. The van der Waals surface area contributed by atoms with E-state index in [1.807, 2.05) is 0 Å². The van der Waals surface area contributed by atoms with Crippen LogP contribution in [0.1, 0.15) is 17.3 Å². The summed E-state index contributed by atoms with van der Waals surface area (Å²) in [6.45, 7) is 1.89. The van der Waals surface area contributed by atoms with Gasteiger partial charge in [-0.2, -0.15) is 9.90 Å². The average molecular weight is 309 g/mol. The highest BCUT2D eigenvalue weighted by Gasteiger charge is 2.10. The van der Waals surface area contributed by atoms with Crippen molar-refractivity contribution in [3.05, 3.63) is 41.0 Å². The van der Waals surface area contributed by atoms with Crippen LogP contribution < -0.4 is 5.32 Å². The first kappa shape index (κ1) is 15.0. The summed E-state index contributed by atoms with van der Waals surface area (Å²) >= 11 is 5.82. The van der Waals surface area contributed by atoms with Crippen LogP contribution in [0.5, 0.6) is 0 Å². The SMILES string of the molecule is CCOC(=O)Cn1ncc(NC(=O)c2cccc(Cl)c2)n1. The molecule has 2 aromatic rings. The molecule has 1 N–H and O–H groups in total. The Kier molecular flexibility index (Phi) is 4.89. The second-order valence-corrected chi connectivity index (χ2v) is 4.47. The molecule has 110 valence electrons. The maximum absolute atomic E-state index is 12.0. The zero-order valence-electron chi connectivity index (χ0n) is 11.2. The number of halogens is 1. The molecule has 1 aromatic carbocycles. The third kappa shape index (κ3) is 4.28. The summed E-state index contributed by atoms with van der Waals surface area (Å²) in [6, 6.07) is 6.52. The molecule has 1 aromatic heterocycles. The average Bonchev–Trinajstić information content (AvgIpc) is 2.86. The van der Waals surface area contributed by atoms with Crippen molar-refractivity contribution in [1.82, 2.24) is 15.0 Å². The Morgan fingerprint density at radius 1 is 1.43 bits per heavy atom. The van der Waals surface area contributed by atoms with Crippen molar-refractivity contribution in [3.63, 3.8) is 0 Å². The Bertz CT molecular complexity index is 656. The Morgan fingerprint density at radius 3 is 2.95 bits per heavy atom. The lowest BCUT2D eigenvalue weighted by molar-refractivity contribution is -0.144. The molecule has 0 atom stereocenters. The van der Waals surface area contributed by atoms with E-state index in [0.29, 0.717) is 17.2 Å². The second kappa shape index (κ2) is 6.85. The standard InChI is InChI=1S/C13H13ClN4O3/c1-2-21-12(19)8-18-15-7-11(17-18)16-13(20)9-4-3-5-10(14)6-9/h3-7H,2,8H2,1H3,(H,16,17,20). The molecule has 21 heavy (non-hydrogen) atoms. The normalized spacial score (nSPS) is 10.2. The minimum atomic E-state index is -0.444. The van der Waals surface area contributed by atoms with E-state index in [-0.39, 0.29) is 18.3 Å². The van der Waals surface area contributed by atoms with Gasteiger partial charge in [-0.1, -0.05) is 17.7 Å². The minimum absolute atomic E-state index is 0.110. The molecule has 0 saturated carbocycles. The van der Waals surface area contributed by atoms with Gasteiger partial charge in [-0.05, 0) is 25.1 Å². The molecular weight excluding hydrogens is 296 g/mol. The van der Waals surface area contributed by atoms with E-state index < -0.39 is 5.97 Å². The Hall–Kier alpha value is -2.41. The lowest BCUT2D eigenvalue weighted by Crippen LogP contribution is -2.16. The van der Waals surface area contributed by atoms with Crippen molar-refractivity contribution >= 4 is 29.3 Å². The quantitative estimate of drug-likeness (QED) is 0.850. The second-order valence-electron chi connectivity index (χ2n) is 4.03. The number of anilines is 1. The summed E-state index contributed by atoms with van der Waals surface area (Å²) in [4.78, 5) is 24.4. The van der Waals surface area contributed by atoms with Crippen molar-refractivity contribution < 1.29 is 14.3 Å².